The van der Waals surface area contributed by atoms with Gasteiger partial charge >= 0.3 is 0 Å². The van der Waals surface area contributed by atoms with E-state index in [0.717, 1.165) is 11.4 Å². The van der Waals surface area contributed by atoms with Crippen LogP contribution in [0.15, 0.2) is 188 Å². The summed E-state index contributed by atoms with van der Waals surface area (Å²) in [5, 5.41) is 11.5. The molecule has 5 nitrogen and oxygen atoms in total. The molecule has 0 fully saturated rings. The van der Waals surface area contributed by atoms with Crippen LogP contribution in [0.2, 0.25) is 0 Å². The molecule has 0 bridgehead atoms. The molecule has 0 saturated carbocycles. The van der Waals surface area contributed by atoms with Gasteiger partial charge in [-0.1, -0.05) is 146 Å². The van der Waals surface area contributed by atoms with Gasteiger partial charge in [0.2, 0.25) is 0 Å². The van der Waals surface area contributed by atoms with E-state index in [1.54, 1.807) is 0 Å². The van der Waals surface area contributed by atoms with Gasteiger partial charge < -0.3 is 9.13 Å². The maximum absolute atomic E-state index is 6.90. The Bertz CT molecular complexity index is 2930. The Morgan fingerprint density at radius 3 is 1.52 bits per heavy atom. The quantitative estimate of drug-likeness (QED) is 0.121. The van der Waals surface area contributed by atoms with Crippen LogP contribution in [0.25, 0.3) is 65.8 Å². The fourth-order valence-corrected chi connectivity index (χ4v) is 8.32. The number of para-hydroxylation sites is 3. The highest BCUT2D eigenvalue weighted by atomic mass is 15.7. The molecule has 54 heavy (non-hydrogen) atoms. The van der Waals surface area contributed by atoms with Crippen LogP contribution < -0.4 is 5.84 Å². The van der Waals surface area contributed by atoms with Gasteiger partial charge in [-0.05, 0) is 64.5 Å². The predicted octanol–water partition coefficient (Wildman–Crippen LogP) is 11.3. The van der Waals surface area contributed by atoms with Gasteiger partial charge in [-0.2, -0.15) is 5.12 Å². The lowest BCUT2D eigenvalue weighted by Crippen LogP contribution is -2.46. The molecule has 0 aliphatic carbocycles. The Hall–Kier alpha value is -6.50. The minimum absolute atomic E-state index is 0.610. The molecular formula is C49H39N5. The Balaban J connectivity index is 1.15. The molecular weight excluding hydrogens is 659 g/mol. The molecule has 0 aliphatic rings. The van der Waals surface area contributed by atoms with Crippen molar-refractivity contribution in [3.8, 4) is 11.4 Å². The zero-order valence-electron chi connectivity index (χ0n) is 29.9. The van der Waals surface area contributed by atoms with E-state index in [2.05, 4.69) is 196 Å². The molecule has 2 N–H and O–H groups in total. The van der Waals surface area contributed by atoms with Crippen molar-refractivity contribution in [1.29, 1.82) is 0 Å². The van der Waals surface area contributed by atoms with Crippen LogP contribution in [0, 0.1) is 0 Å². The Morgan fingerprint density at radius 2 is 0.870 bits per heavy atom. The average Bonchev–Trinajstić information content (AvgIpc) is 3.73. The van der Waals surface area contributed by atoms with E-state index in [0.29, 0.717) is 19.6 Å². The Kier molecular flexibility index (Phi) is 8.03. The highest BCUT2D eigenvalue weighted by molar-refractivity contribution is 6.19. The van der Waals surface area contributed by atoms with E-state index in [1.165, 1.54) is 71.1 Å². The van der Waals surface area contributed by atoms with Crippen LogP contribution in [-0.2, 0) is 19.6 Å². The van der Waals surface area contributed by atoms with Crippen molar-refractivity contribution >= 4 is 54.4 Å². The maximum Gasteiger partial charge on any atom is 0.0562 e. The van der Waals surface area contributed by atoms with Gasteiger partial charge in [0.1, 0.15) is 0 Å². The van der Waals surface area contributed by atoms with Crippen LogP contribution in [0.3, 0.4) is 0 Å². The smallest absolute Gasteiger partial charge is 0.0562 e. The van der Waals surface area contributed by atoms with Crippen molar-refractivity contribution in [2.75, 3.05) is 0 Å². The summed E-state index contributed by atoms with van der Waals surface area (Å²) < 4.78 is 4.87. The number of hydrazine groups is 2. The topological polar surface area (TPSA) is 42.4 Å². The third kappa shape index (κ3) is 5.54. The summed E-state index contributed by atoms with van der Waals surface area (Å²) in [6, 6.07) is 67.5. The molecule has 0 atom stereocenters. The van der Waals surface area contributed by atoms with Crippen LogP contribution >= 0.6 is 0 Å². The van der Waals surface area contributed by atoms with Crippen LogP contribution in [0.4, 0.5) is 0 Å². The second kappa shape index (κ2) is 13.5. The lowest BCUT2D eigenvalue weighted by Gasteiger charge is -2.32. The van der Waals surface area contributed by atoms with Gasteiger partial charge in [-0.25, -0.2) is 5.01 Å². The zero-order valence-corrected chi connectivity index (χ0v) is 29.9. The van der Waals surface area contributed by atoms with E-state index in [4.69, 9.17) is 5.84 Å². The number of benzene rings is 8. The van der Waals surface area contributed by atoms with Gasteiger partial charge in [-0.3, -0.25) is 5.84 Å². The van der Waals surface area contributed by atoms with Crippen LogP contribution in [0.1, 0.15) is 16.7 Å². The molecule has 0 amide bonds. The fourth-order valence-electron chi connectivity index (χ4n) is 8.32. The average molecular weight is 698 g/mol. The van der Waals surface area contributed by atoms with Gasteiger partial charge in [0, 0.05) is 45.7 Å². The molecule has 8 aromatic carbocycles. The van der Waals surface area contributed by atoms with E-state index >= 15 is 0 Å². The van der Waals surface area contributed by atoms with E-state index in [1.807, 2.05) is 11.2 Å². The van der Waals surface area contributed by atoms with E-state index < -0.39 is 0 Å². The second-order valence-corrected chi connectivity index (χ2v) is 14.1. The minimum atomic E-state index is 0.610. The predicted molar refractivity (Wildman–Crippen MR) is 224 cm³/mol. The molecule has 0 aliphatic heterocycles. The van der Waals surface area contributed by atoms with Gasteiger partial charge in [0.15, 0.2) is 0 Å². The first-order chi connectivity index (χ1) is 26.7. The van der Waals surface area contributed by atoms with Crippen LogP contribution in [0.5, 0.6) is 0 Å². The van der Waals surface area contributed by atoms with Crippen molar-refractivity contribution in [3.63, 3.8) is 0 Å². The summed E-state index contributed by atoms with van der Waals surface area (Å²) in [6.07, 6.45) is 0. The van der Waals surface area contributed by atoms with Crippen molar-refractivity contribution in [3.05, 3.63) is 205 Å². The largest absolute Gasteiger partial charge is 0.309 e. The van der Waals surface area contributed by atoms with Crippen molar-refractivity contribution in [2.45, 2.75) is 19.6 Å². The molecule has 10 aromatic rings. The van der Waals surface area contributed by atoms with E-state index in [-0.39, 0.29) is 0 Å². The first-order valence-electron chi connectivity index (χ1n) is 18.6. The summed E-state index contributed by atoms with van der Waals surface area (Å²) in [7, 11) is 0. The number of rotatable bonds is 9. The summed E-state index contributed by atoms with van der Waals surface area (Å²) in [5.41, 5.74) is 10.7. The third-order valence-electron chi connectivity index (χ3n) is 10.8. The molecule has 0 unspecified atom stereocenters. The number of aromatic nitrogens is 2. The maximum atomic E-state index is 6.90. The monoisotopic (exact) mass is 697 g/mol. The summed E-state index contributed by atoms with van der Waals surface area (Å²) in [4.78, 5) is 0. The van der Waals surface area contributed by atoms with Crippen molar-refractivity contribution in [1.82, 2.24) is 19.3 Å². The first-order valence-corrected chi connectivity index (χ1v) is 18.6. The normalized spacial score (nSPS) is 12.0. The number of nitrogens with zero attached hydrogens (tertiary/aromatic N) is 4. The van der Waals surface area contributed by atoms with Crippen molar-refractivity contribution in [2.24, 2.45) is 5.84 Å². The molecule has 0 radical (unpaired) electrons. The molecule has 2 aromatic heterocycles. The Morgan fingerprint density at radius 1 is 0.370 bits per heavy atom. The highest BCUT2D eigenvalue weighted by Crippen LogP contribution is 2.41. The lowest BCUT2D eigenvalue weighted by atomic mass is 10.0. The summed E-state index contributed by atoms with van der Waals surface area (Å²) in [5.74, 6) is 6.90. The van der Waals surface area contributed by atoms with Gasteiger partial charge in [-0.15, -0.1) is 0 Å². The third-order valence-corrected chi connectivity index (χ3v) is 10.8. The zero-order chi connectivity index (χ0) is 36.0. The SMILES string of the molecule is NN(Cc1ccccc1)N(Cc1ccccc1)Cc1ccc(-n2c3ccccc3c3cc4c5ccccc5n(-c5ccccc5)c4cc32)c2ccccc12. The number of hydrogen-bond acceptors (Lipinski definition) is 3. The van der Waals surface area contributed by atoms with E-state index in [9.17, 15) is 0 Å². The molecule has 2 heterocycles. The number of fused-ring (bicyclic) bond motifs is 7. The standard InChI is InChI=1S/C49H39N5/c50-52(33-36-18-6-2-7-19-36)51(32-35-16-4-1-5-17-35)34-37-28-29-47(40-23-11-10-22-39(37)40)54-46-27-15-13-25-42(46)44-30-43-41-24-12-14-26-45(41)53(48(43)31-49(44)54)38-20-8-3-9-21-38/h1-31H,32-34,50H2. The van der Waals surface area contributed by atoms with Crippen LogP contribution in [-0.4, -0.2) is 19.3 Å². The summed E-state index contributed by atoms with van der Waals surface area (Å²) in [6.45, 7) is 1.96. The van der Waals surface area contributed by atoms with Gasteiger partial charge in [0.25, 0.3) is 0 Å². The summed E-state index contributed by atoms with van der Waals surface area (Å²) >= 11 is 0. The fraction of sp³-hybridized carbons (Fsp3) is 0.0612. The lowest BCUT2D eigenvalue weighted by molar-refractivity contribution is -0.0508. The minimum Gasteiger partial charge on any atom is -0.309 e. The molecule has 5 heteroatoms. The molecule has 10 rings (SSSR count). The molecule has 0 saturated heterocycles. The molecule has 0 spiro atoms. The van der Waals surface area contributed by atoms with Crippen molar-refractivity contribution < 1.29 is 0 Å². The molecule has 260 valence electrons. The highest BCUT2D eigenvalue weighted by Gasteiger charge is 2.21. The number of hydrogen-bond donors (Lipinski definition) is 1. The second-order valence-electron chi connectivity index (χ2n) is 14.1. The van der Waals surface area contributed by atoms with Gasteiger partial charge in [0.05, 0.1) is 34.3 Å². The Labute approximate surface area is 314 Å². The number of nitrogens with two attached hydrogens (primary N) is 1. The first kappa shape index (κ1) is 32.2.